The van der Waals surface area contributed by atoms with E-state index in [2.05, 4.69) is 5.32 Å². The molecule has 0 bridgehead atoms. The molecule has 2 aliphatic heterocycles. The van der Waals surface area contributed by atoms with Crippen molar-refractivity contribution in [1.82, 2.24) is 15.1 Å². The van der Waals surface area contributed by atoms with Gasteiger partial charge < -0.3 is 15.1 Å². The summed E-state index contributed by atoms with van der Waals surface area (Å²) >= 11 is 12.9. The third-order valence-electron chi connectivity index (χ3n) is 6.07. The Hall–Kier alpha value is -1.46. The zero-order valence-corrected chi connectivity index (χ0v) is 16.2. The fourth-order valence-electron chi connectivity index (χ4n) is 4.59. The minimum Gasteiger partial charge on any atom is -0.340 e. The second kappa shape index (κ2) is 6.93. The van der Waals surface area contributed by atoms with Gasteiger partial charge in [0.25, 0.3) is 0 Å². The van der Waals surface area contributed by atoms with Crippen LogP contribution in [0, 0.1) is 0 Å². The predicted molar refractivity (Wildman–Crippen MR) is 102 cm³/mol. The third-order valence-corrected chi connectivity index (χ3v) is 6.70. The first-order chi connectivity index (χ1) is 12.5. The number of hydrogen-bond acceptors (Lipinski definition) is 2. The third kappa shape index (κ3) is 2.85. The molecule has 7 heteroatoms. The monoisotopic (exact) mass is 395 g/mol. The van der Waals surface area contributed by atoms with E-state index >= 15 is 0 Å². The van der Waals surface area contributed by atoms with Crippen LogP contribution in [0.4, 0.5) is 4.79 Å². The number of amides is 3. The van der Waals surface area contributed by atoms with Gasteiger partial charge >= 0.3 is 6.03 Å². The normalized spacial score (nSPS) is 25.0. The molecule has 4 rings (SSSR count). The summed E-state index contributed by atoms with van der Waals surface area (Å²) < 4.78 is 0. The van der Waals surface area contributed by atoms with E-state index in [9.17, 15) is 9.59 Å². The number of piperidine rings is 1. The van der Waals surface area contributed by atoms with E-state index in [-0.39, 0.29) is 18.0 Å². The van der Waals surface area contributed by atoms with Gasteiger partial charge in [-0.3, -0.25) is 4.79 Å². The number of nitrogens with one attached hydrogen (secondary N) is 1. The van der Waals surface area contributed by atoms with Crippen LogP contribution in [0.1, 0.15) is 37.7 Å². The van der Waals surface area contributed by atoms with Crippen LogP contribution in [0.15, 0.2) is 18.2 Å². The highest BCUT2D eigenvalue weighted by Crippen LogP contribution is 2.50. The molecule has 1 unspecified atom stereocenters. The second-order valence-electron chi connectivity index (χ2n) is 7.50. The van der Waals surface area contributed by atoms with Crippen molar-refractivity contribution in [1.29, 1.82) is 0 Å². The maximum Gasteiger partial charge on any atom is 0.317 e. The van der Waals surface area contributed by atoms with E-state index < -0.39 is 5.41 Å². The second-order valence-corrected chi connectivity index (χ2v) is 8.32. The molecule has 0 aromatic heterocycles. The molecule has 1 aromatic carbocycles. The summed E-state index contributed by atoms with van der Waals surface area (Å²) in [6, 6.07) is 5.51. The van der Waals surface area contributed by atoms with Crippen LogP contribution in [0.5, 0.6) is 0 Å². The largest absolute Gasteiger partial charge is 0.340 e. The maximum absolute atomic E-state index is 13.5. The van der Waals surface area contributed by atoms with Crippen molar-refractivity contribution >= 4 is 35.1 Å². The van der Waals surface area contributed by atoms with E-state index in [0.29, 0.717) is 29.7 Å². The van der Waals surface area contributed by atoms with Gasteiger partial charge in [0.1, 0.15) is 0 Å². The predicted octanol–water partition coefficient (Wildman–Crippen LogP) is 3.43. The molecule has 0 spiro atoms. The van der Waals surface area contributed by atoms with Gasteiger partial charge in [0.05, 0.1) is 11.5 Å². The van der Waals surface area contributed by atoms with Crippen molar-refractivity contribution in [2.45, 2.75) is 43.6 Å². The van der Waals surface area contributed by atoms with E-state index in [1.807, 2.05) is 28.0 Å². The number of rotatable bonds is 3. The lowest BCUT2D eigenvalue weighted by atomic mass is 9.63. The minimum atomic E-state index is -0.607. The molecule has 2 saturated heterocycles. The van der Waals surface area contributed by atoms with Crippen molar-refractivity contribution in [2.75, 3.05) is 26.2 Å². The summed E-state index contributed by atoms with van der Waals surface area (Å²) in [7, 11) is 0. The molecule has 1 atom stereocenters. The van der Waals surface area contributed by atoms with Gasteiger partial charge in [-0.2, -0.15) is 0 Å². The highest BCUT2D eigenvalue weighted by atomic mass is 35.5. The SMILES string of the molecule is O=C1NCCN1C1CCCN(C(=O)C2(c3c(Cl)cccc3Cl)CCC2)C1. The number of carbonyl (C=O) groups is 2. The molecule has 26 heavy (non-hydrogen) atoms. The summed E-state index contributed by atoms with van der Waals surface area (Å²) in [5.74, 6) is 0.114. The van der Waals surface area contributed by atoms with Gasteiger partial charge in [-0.25, -0.2) is 4.79 Å². The first-order valence-corrected chi connectivity index (χ1v) is 10.1. The quantitative estimate of drug-likeness (QED) is 0.851. The molecule has 1 aromatic rings. The van der Waals surface area contributed by atoms with Gasteiger partial charge in [0, 0.05) is 41.8 Å². The van der Waals surface area contributed by atoms with Gasteiger partial charge in [-0.1, -0.05) is 35.7 Å². The molecule has 0 radical (unpaired) electrons. The van der Waals surface area contributed by atoms with Crippen LogP contribution in [0.25, 0.3) is 0 Å². The Kier molecular flexibility index (Phi) is 4.78. The highest BCUT2D eigenvalue weighted by molar-refractivity contribution is 6.36. The van der Waals surface area contributed by atoms with Crippen LogP contribution < -0.4 is 5.32 Å². The lowest BCUT2D eigenvalue weighted by Gasteiger charge is -2.47. The number of nitrogens with zero attached hydrogens (tertiary/aromatic N) is 2. The Morgan fingerprint density at radius 2 is 1.88 bits per heavy atom. The molecule has 140 valence electrons. The van der Waals surface area contributed by atoms with Crippen LogP contribution in [0.2, 0.25) is 10.0 Å². The molecule has 3 aliphatic rings. The van der Waals surface area contributed by atoms with Crippen LogP contribution in [-0.2, 0) is 10.2 Å². The standard InChI is InChI=1S/C19H23Cl2N3O2/c20-14-5-1-6-15(21)16(14)19(7-3-8-19)17(25)23-10-2-4-13(12-23)24-11-9-22-18(24)26/h1,5-6,13H,2-4,7-12H2,(H,22,26). The Labute approximate surface area is 163 Å². The summed E-state index contributed by atoms with van der Waals surface area (Å²) in [5, 5.41) is 3.99. The summed E-state index contributed by atoms with van der Waals surface area (Å²) in [5.41, 5.74) is 0.172. The maximum atomic E-state index is 13.5. The first-order valence-electron chi connectivity index (χ1n) is 9.31. The Balaban J connectivity index is 1.58. The van der Waals surface area contributed by atoms with Gasteiger partial charge in [0.2, 0.25) is 5.91 Å². The molecular weight excluding hydrogens is 373 g/mol. The Bertz CT molecular complexity index is 715. The highest BCUT2D eigenvalue weighted by Gasteiger charge is 2.50. The molecule has 2 heterocycles. The summed E-state index contributed by atoms with van der Waals surface area (Å²) in [6.45, 7) is 2.72. The van der Waals surface area contributed by atoms with Crippen LogP contribution in [-0.4, -0.2) is 54.0 Å². The fraction of sp³-hybridized carbons (Fsp3) is 0.579. The lowest BCUT2D eigenvalue weighted by molar-refractivity contribution is -0.142. The molecule has 1 aliphatic carbocycles. The number of carbonyl (C=O) groups excluding carboxylic acids is 2. The van der Waals surface area contributed by atoms with Crippen molar-refractivity contribution in [2.24, 2.45) is 0 Å². The molecule has 1 saturated carbocycles. The van der Waals surface area contributed by atoms with Crippen LogP contribution in [0.3, 0.4) is 0 Å². The van der Waals surface area contributed by atoms with Gasteiger partial charge in [0.15, 0.2) is 0 Å². The van der Waals surface area contributed by atoms with E-state index in [1.54, 1.807) is 0 Å². The zero-order chi connectivity index (χ0) is 18.3. The lowest BCUT2D eigenvalue weighted by Crippen LogP contribution is -2.57. The molecule has 1 N–H and O–H groups in total. The molecule has 5 nitrogen and oxygen atoms in total. The smallest absolute Gasteiger partial charge is 0.317 e. The number of urea groups is 1. The minimum absolute atomic E-state index is 0.0168. The molecule has 3 fully saturated rings. The summed E-state index contributed by atoms with van der Waals surface area (Å²) in [6.07, 6.45) is 4.41. The average molecular weight is 396 g/mol. The Morgan fingerprint density at radius 3 is 2.46 bits per heavy atom. The molecular formula is C19H23Cl2N3O2. The van der Waals surface area contributed by atoms with E-state index in [0.717, 1.165) is 44.2 Å². The average Bonchev–Trinajstić information content (AvgIpc) is 3.02. The van der Waals surface area contributed by atoms with Crippen molar-refractivity contribution in [3.8, 4) is 0 Å². The molecule has 3 amide bonds. The number of halogens is 2. The van der Waals surface area contributed by atoms with Gasteiger partial charge in [-0.05, 0) is 37.8 Å². The topological polar surface area (TPSA) is 52.7 Å². The van der Waals surface area contributed by atoms with Gasteiger partial charge in [-0.15, -0.1) is 0 Å². The Morgan fingerprint density at radius 1 is 1.15 bits per heavy atom. The number of hydrogen-bond donors (Lipinski definition) is 1. The van der Waals surface area contributed by atoms with Crippen molar-refractivity contribution < 1.29 is 9.59 Å². The van der Waals surface area contributed by atoms with E-state index in [4.69, 9.17) is 23.2 Å². The summed E-state index contributed by atoms with van der Waals surface area (Å²) in [4.78, 5) is 29.3. The fourth-order valence-corrected chi connectivity index (χ4v) is 5.35. The van der Waals surface area contributed by atoms with Crippen molar-refractivity contribution in [3.05, 3.63) is 33.8 Å². The zero-order valence-electron chi connectivity index (χ0n) is 14.6. The van der Waals surface area contributed by atoms with Crippen molar-refractivity contribution in [3.63, 3.8) is 0 Å². The van der Waals surface area contributed by atoms with E-state index in [1.165, 1.54) is 0 Å². The number of likely N-dealkylation sites (tertiary alicyclic amines) is 1. The number of benzene rings is 1. The van der Waals surface area contributed by atoms with Crippen LogP contribution >= 0.6 is 23.2 Å². The first kappa shape index (κ1) is 17.9.